The van der Waals surface area contributed by atoms with Crippen LogP contribution in [0.1, 0.15) is 5.56 Å². The number of nitrogens with one attached hydrogen (secondary N) is 1. The highest BCUT2D eigenvalue weighted by Crippen LogP contribution is 2.12. The number of halogens is 1. The Hall–Kier alpha value is -2.24. The Kier molecular flexibility index (Phi) is 2.40. The molecule has 2 aromatic rings. The van der Waals surface area contributed by atoms with Gasteiger partial charge in [0, 0.05) is 0 Å². The number of nitrogens with two attached hydrogens (primary N) is 1. The van der Waals surface area contributed by atoms with Crippen LogP contribution in [0.3, 0.4) is 0 Å². The summed E-state index contributed by atoms with van der Waals surface area (Å²) in [6, 6.07) is 2.65. The monoisotopic (exact) mass is 220 g/mol. The van der Waals surface area contributed by atoms with Crippen LogP contribution >= 0.6 is 0 Å². The number of nitrogens with zero attached hydrogens (tertiary/aromatic N) is 2. The van der Waals surface area contributed by atoms with Crippen LogP contribution in [0.25, 0.3) is 11.5 Å². The molecular formula is C10H9FN4O. The zero-order valence-electron chi connectivity index (χ0n) is 8.49. The van der Waals surface area contributed by atoms with Crippen LogP contribution in [0.2, 0.25) is 0 Å². The fourth-order valence-corrected chi connectivity index (χ4v) is 1.19. The van der Waals surface area contributed by atoms with Gasteiger partial charge in [-0.15, -0.1) is 0 Å². The van der Waals surface area contributed by atoms with Crippen molar-refractivity contribution in [3.63, 3.8) is 0 Å². The Balaban J connectivity index is 2.57. The number of rotatable bonds is 1. The van der Waals surface area contributed by atoms with Crippen molar-refractivity contribution >= 4 is 5.82 Å². The molecule has 0 aliphatic rings. The lowest BCUT2D eigenvalue weighted by Gasteiger charge is -2.02. The maximum atomic E-state index is 12.6. The van der Waals surface area contributed by atoms with Crippen LogP contribution in [0.4, 0.5) is 10.2 Å². The van der Waals surface area contributed by atoms with E-state index in [0.717, 1.165) is 6.20 Å². The van der Waals surface area contributed by atoms with E-state index >= 15 is 0 Å². The SMILES string of the molecule is Cc1c(N)nc(-c2ccc(F)cn2)[nH]c1=O. The van der Waals surface area contributed by atoms with E-state index in [4.69, 9.17) is 5.73 Å². The van der Waals surface area contributed by atoms with Crippen molar-refractivity contribution in [3.8, 4) is 11.5 Å². The first-order valence-corrected chi connectivity index (χ1v) is 4.56. The molecule has 3 N–H and O–H groups in total. The zero-order chi connectivity index (χ0) is 11.7. The van der Waals surface area contributed by atoms with E-state index in [1.54, 1.807) is 6.92 Å². The molecule has 0 aliphatic carbocycles. The van der Waals surface area contributed by atoms with Crippen LogP contribution in [0, 0.1) is 12.7 Å². The summed E-state index contributed by atoms with van der Waals surface area (Å²) in [5.41, 5.74) is 5.95. The Bertz CT molecular complexity index is 576. The molecule has 0 aliphatic heterocycles. The highest BCUT2D eigenvalue weighted by molar-refractivity contribution is 5.52. The summed E-state index contributed by atoms with van der Waals surface area (Å²) in [5.74, 6) is -0.0795. The van der Waals surface area contributed by atoms with Gasteiger partial charge in [-0.05, 0) is 19.1 Å². The van der Waals surface area contributed by atoms with Gasteiger partial charge in [0.1, 0.15) is 17.3 Å². The molecule has 0 amide bonds. The maximum absolute atomic E-state index is 12.6. The molecule has 0 saturated heterocycles. The molecule has 0 saturated carbocycles. The van der Waals surface area contributed by atoms with Crippen molar-refractivity contribution in [2.75, 3.05) is 5.73 Å². The van der Waals surface area contributed by atoms with Crippen molar-refractivity contribution < 1.29 is 4.39 Å². The van der Waals surface area contributed by atoms with Gasteiger partial charge >= 0.3 is 0 Å². The minimum absolute atomic E-state index is 0.143. The molecule has 0 fully saturated rings. The fraction of sp³-hybridized carbons (Fsp3) is 0.100. The van der Waals surface area contributed by atoms with Gasteiger partial charge in [0.2, 0.25) is 0 Å². The molecule has 2 rings (SSSR count). The Morgan fingerprint density at radius 2 is 2.19 bits per heavy atom. The second-order valence-corrected chi connectivity index (χ2v) is 3.29. The first-order valence-electron chi connectivity index (χ1n) is 4.56. The number of hydrogen-bond acceptors (Lipinski definition) is 4. The summed E-state index contributed by atoms with van der Waals surface area (Å²) in [5, 5.41) is 0. The quantitative estimate of drug-likeness (QED) is 0.746. The summed E-state index contributed by atoms with van der Waals surface area (Å²) >= 11 is 0. The standard InChI is InChI=1S/C10H9FN4O/c1-5-8(12)14-9(15-10(5)16)7-3-2-6(11)4-13-7/h2-4H,1H3,(H3,12,14,15,16). The molecule has 6 heteroatoms. The molecule has 0 spiro atoms. The molecule has 0 bridgehead atoms. The van der Waals surface area contributed by atoms with E-state index in [1.807, 2.05) is 0 Å². The van der Waals surface area contributed by atoms with Crippen LogP contribution in [0.5, 0.6) is 0 Å². The lowest BCUT2D eigenvalue weighted by atomic mass is 10.3. The number of anilines is 1. The van der Waals surface area contributed by atoms with Crippen molar-refractivity contribution in [2.24, 2.45) is 0 Å². The van der Waals surface area contributed by atoms with Gasteiger partial charge in [-0.2, -0.15) is 0 Å². The number of pyridine rings is 1. The van der Waals surface area contributed by atoms with E-state index in [1.165, 1.54) is 12.1 Å². The molecular weight excluding hydrogens is 211 g/mol. The van der Waals surface area contributed by atoms with Gasteiger partial charge in [0.25, 0.3) is 5.56 Å². The predicted molar refractivity (Wildman–Crippen MR) is 57.2 cm³/mol. The molecule has 0 aromatic carbocycles. The van der Waals surface area contributed by atoms with Gasteiger partial charge in [-0.3, -0.25) is 4.79 Å². The molecule has 5 nitrogen and oxygen atoms in total. The minimum Gasteiger partial charge on any atom is -0.383 e. The van der Waals surface area contributed by atoms with Gasteiger partial charge < -0.3 is 10.7 Å². The Labute approximate surface area is 90.2 Å². The highest BCUT2D eigenvalue weighted by Gasteiger charge is 2.07. The predicted octanol–water partition coefficient (Wildman–Crippen LogP) is 0.862. The number of aromatic amines is 1. The summed E-state index contributed by atoms with van der Waals surface area (Å²) in [7, 11) is 0. The lowest BCUT2D eigenvalue weighted by Crippen LogP contribution is -2.15. The summed E-state index contributed by atoms with van der Waals surface area (Å²) in [4.78, 5) is 21.7. The molecule has 82 valence electrons. The second kappa shape index (κ2) is 3.73. The number of hydrogen-bond donors (Lipinski definition) is 2. The molecule has 0 radical (unpaired) electrons. The number of nitrogen functional groups attached to an aromatic ring is 1. The molecule has 2 aromatic heterocycles. The Morgan fingerprint density at radius 1 is 1.44 bits per heavy atom. The van der Waals surface area contributed by atoms with E-state index in [-0.39, 0.29) is 17.2 Å². The first kappa shape index (κ1) is 10.3. The van der Waals surface area contributed by atoms with E-state index in [0.29, 0.717) is 11.3 Å². The third-order valence-corrected chi connectivity index (χ3v) is 2.16. The van der Waals surface area contributed by atoms with Crippen LogP contribution < -0.4 is 11.3 Å². The summed E-state index contributed by atoms with van der Waals surface area (Å²) in [6.07, 6.45) is 1.05. The minimum atomic E-state index is -0.453. The third-order valence-electron chi connectivity index (χ3n) is 2.16. The fourth-order valence-electron chi connectivity index (χ4n) is 1.19. The van der Waals surface area contributed by atoms with Crippen LogP contribution in [0.15, 0.2) is 23.1 Å². The lowest BCUT2D eigenvalue weighted by molar-refractivity contribution is 0.621. The average Bonchev–Trinajstić information content (AvgIpc) is 2.26. The molecule has 16 heavy (non-hydrogen) atoms. The van der Waals surface area contributed by atoms with Crippen LogP contribution in [-0.2, 0) is 0 Å². The smallest absolute Gasteiger partial charge is 0.256 e. The van der Waals surface area contributed by atoms with E-state index in [9.17, 15) is 9.18 Å². The molecule has 0 unspecified atom stereocenters. The average molecular weight is 220 g/mol. The molecule has 0 atom stereocenters. The number of H-pyrrole nitrogens is 1. The molecule has 2 heterocycles. The topological polar surface area (TPSA) is 84.7 Å². The van der Waals surface area contributed by atoms with Gasteiger partial charge in [0.15, 0.2) is 5.82 Å². The Morgan fingerprint density at radius 3 is 2.75 bits per heavy atom. The first-order chi connectivity index (χ1) is 7.58. The summed E-state index contributed by atoms with van der Waals surface area (Å²) < 4.78 is 12.6. The zero-order valence-corrected chi connectivity index (χ0v) is 8.49. The van der Waals surface area contributed by atoms with E-state index in [2.05, 4.69) is 15.0 Å². The van der Waals surface area contributed by atoms with Gasteiger partial charge in [-0.1, -0.05) is 0 Å². The van der Waals surface area contributed by atoms with Gasteiger partial charge in [0.05, 0.1) is 11.8 Å². The largest absolute Gasteiger partial charge is 0.383 e. The van der Waals surface area contributed by atoms with Gasteiger partial charge in [-0.25, -0.2) is 14.4 Å². The highest BCUT2D eigenvalue weighted by atomic mass is 19.1. The van der Waals surface area contributed by atoms with Crippen molar-refractivity contribution in [1.82, 2.24) is 15.0 Å². The van der Waals surface area contributed by atoms with Crippen LogP contribution in [-0.4, -0.2) is 15.0 Å². The second-order valence-electron chi connectivity index (χ2n) is 3.29. The number of aromatic nitrogens is 3. The normalized spacial score (nSPS) is 10.4. The maximum Gasteiger partial charge on any atom is 0.256 e. The van der Waals surface area contributed by atoms with Crippen molar-refractivity contribution in [3.05, 3.63) is 40.1 Å². The van der Waals surface area contributed by atoms with Crippen molar-refractivity contribution in [1.29, 1.82) is 0 Å². The van der Waals surface area contributed by atoms with E-state index < -0.39 is 5.82 Å². The van der Waals surface area contributed by atoms with Crippen molar-refractivity contribution in [2.45, 2.75) is 6.92 Å². The third kappa shape index (κ3) is 1.77. The summed E-state index contributed by atoms with van der Waals surface area (Å²) in [6.45, 7) is 1.57.